The molecule has 2 N–H and O–H groups in total. The summed E-state index contributed by atoms with van der Waals surface area (Å²) in [5.41, 5.74) is 0.691. The molecule has 0 aliphatic carbocycles. The van der Waals surface area contributed by atoms with Gasteiger partial charge in [0.05, 0.1) is 23.8 Å². The molecule has 0 spiro atoms. The van der Waals surface area contributed by atoms with Gasteiger partial charge in [-0.25, -0.2) is 0 Å². The molecule has 6 heteroatoms. The van der Waals surface area contributed by atoms with Gasteiger partial charge < -0.3 is 15.4 Å². The van der Waals surface area contributed by atoms with E-state index >= 15 is 0 Å². The molecule has 1 rings (SSSR count). The van der Waals surface area contributed by atoms with Crippen LogP contribution >= 0.6 is 31.9 Å². The van der Waals surface area contributed by atoms with E-state index in [1.807, 2.05) is 13.0 Å². The first-order valence-corrected chi connectivity index (χ1v) is 7.62. The lowest BCUT2D eigenvalue weighted by Gasteiger charge is -2.13. The third-order valence-electron chi connectivity index (χ3n) is 2.74. The van der Waals surface area contributed by atoms with Gasteiger partial charge in [0.15, 0.2) is 0 Å². The SMILES string of the molecule is CCC(C)NCC(=O)Nc1cc(OC)c(Br)cc1Br. The van der Waals surface area contributed by atoms with E-state index in [2.05, 4.69) is 49.4 Å². The molecule has 0 saturated carbocycles. The zero-order valence-corrected chi connectivity index (χ0v) is 14.4. The van der Waals surface area contributed by atoms with Crippen molar-refractivity contribution in [3.05, 3.63) is 21.1 Å². The molecule has 0 heterocycles. The minimum absolute atomic E-state index is 0.0784. The van der Waals surface area contributed by atoms with E-state index in [9.17, 15) is 4.79 Å². The van der Waals surface area contributed by atoms with Crippen molar-refractivity contribution < 1.29 is 9.53 Å². The number of ether oxygens (including phenoxy) is 1. The van der Waals surface area contributed by atoms with Gasteiger partial charge >= 0.3 is 0 Å². The van der Waals surface area contributed by atoms with E-state index in [4.69, 9.17) is 4.74 Å². The van der Waals surface area contributed by atoms with Crippen LogP contribution in [0.3, 0.4) is 0 Å². The number of benzene rings is 1. The first-order chi connectivity index (χ1) is 8.97. The molecular formula is C13H18Br2N2O2. The smallest absolute Gasteiger partial charge is 0.238 e. The highest BCUT2D eigenvalue weighted by Crippen LogP contribution is 2.34. The average Bonchev–Trinajstić information content (AvgIpc) is 2.39. The van der Waals surface area contributed by atoms with Gasteiger partial charge in [-0.05, 0) is 51.3 Å². The van der Waals surface area contributed by atoms with Gasteiger partial charge in [0, 0.05) is 16.6 Å². The van der Waals surface area contributed by atoms with E-state index in [0.717, 1.165) is 15.4 Å². The maximum atomic E-state index is 11.8. The Morgan fingerprint density at radius 3 is 2.63 bits per heavy atom. The fourth-order valence-corrected chi connectivity index (χ4v) is 2.64. The van der Waals surface area contributed by atoms with Crippen LogP contribution in [0.5, 0.6) is 5.75 Å². The number of rotatable bonds is 6. The van der Waals surface area contributed by atoms with E-state index in [1.165, 1.54) is 0 Å². The predicted octanol–water partition coefficient (Wildman–Crippen LogP) is 3.55. The molecule has 0 aliphatic heterocycles. The number of methoxy groups -OCH3 is 1. The topological polar surface area (TPSA) is 50.4 Å². The van der Waals surface area contributed by atoms with Gasteiger partial charge in [0.1, 0.15) is 5.75 Å². The highest BCUT2D eigenvalue weighted by Gasteiger charge is 2.10. The number of anilines is 1. The first-order valence-electron chi connectivity index (χ1n) is 6.04. The van der Waals surface area contributed by atoms with Crippen LogP contribution in [0.25, 0.3) is 0 Å². The number of carbonyl (C=O) groups is 1. The first kappa shape index (κ1) is 16.5. The molecule has 0 saturated heterocycles. The van der Waals surface area contributed by atoms with Crippen molar-refractivity contribution in [1.29, 1.82) is 0 Å². The third kappa shape index (κ3) is 5.12. The lowest BCUT2D eigenvalue weighted by Crippen LogP contribution is -2.34. The van der Waals surface area contributed by atoms with Crippen LogP contribution in [0.1, 0.15) is 20.3 Å². The van der Waals surface area contributed by atoms with Crippen molar-refractivity contribution in [1.82, 2.24) is 5.32 Å². The van der Waals surface area contributed by atoms with Crippen molar-refractivity contribution in [2.24, 2.45) is 0 Å². The number of hydrogen-bond donors (Lipinski definition) is 2. The van der Waals surface area contributed by atoms with Gasteiger partial charge in [-0.2, -0.15) is 0 Å². The summed E-state index contributed by atoms with van der Waals surface area (Å²) in [6.07, 6.45) is 0.989. The van der Waals surface area contributed by atoms with E-state index in [0.29, 0.717) is 24.0 Å². The Morgan fingerprint density at radius 2 is 2.05 bits per heavy atom. The van der Waals surface area contributed by atoms with Crippen LogP contribution in [-0.4, -0.2) is 25.6 Å². The largest absolute Gasteiger partial charge is 0.495 e. The van der Waals surface area contributed by atoms with Gasteiger partial charge in [-0.3, -0.25) is 4.79 Å². The van der Waals surface area contributed by atoms with Gasteiger partial charge in [0.25, 0.3) is 0 Å². The lowest BCUT2D eigenvalue weighted by molar-refractivity contribution is -0.115. The maximum absolute atomic E-state index is 11.8. The van der Waals surface area contributed by atoms with Crippen LogP contribution in [-0.2, 0) is 4.79 Å². The second-order valence-electron chi connectivity index (χ2n) is 4.20. The second-order valence-corrected chi connectivity index (χ2v) is 5.91. The number of hydrogen-bond acceptors (Lipinski definition) is 3. The highest BCUT2D eigenvalue weighted by atomic mass is 79.9. The standard InChI is InChI=1S/C13H18Br2N2O2/c1-4-8(2)16-7-13(18)17-11-6-12(19-3)10(15)5-9(11)14/h5-6,8,16H,4,7H2,1-3H3,(H,17,18). The molecule has 0 fully saturated rings. The van der Waals surface area contributed by atoms with Gasteiger partial charge in [-0.1, -0.05) is 6.92 Å². The molecule has 1 unspecified atom stereocenters. The van der Waals surface area contributed by atoms with Crippen LogP contribution in [0, 0.1) is 0 Å². The Morgan fingerprint density at radius 1 is 1.37 bits per heavy atom. The van der Waals surface area contributed by atoms with Crippen molar-refractivity contribution in [3.8, 4) is 5.75 Å². The van der Waals surface area contributed by atoms with Crippen LogP contribution in [0.4, 0.5) is 5.69 Å². The minimum Gasteiger partial charge on any atom is -0.495 e. The summed E-state index contributed by atoms with van der Waals surface area (Å²) in [7, 11) is 1.59. The Kier molecular flexibility index (Phi) is 6.82. The van der Waals surface area contributed by atoms with Crippen LogP contribution in [0.2, 0.25) is 0 Å². The summed E-state index contributed by atoms with van der Waals surface area (Å²) in [6.45, 7) is 4.41. The molecular weight excluding hydrogens is 376 g/mol. The molecule has 1 amide bonds. The monoisotopic (exact) mass is 392 g/mol. The molecule has 106 valence electrons. The Hall–Kier alpha value is -0.590. The van der Waals surface area contributed by atoms with Gasteiger partial charge in [0.2, 0.25) is 5.91 Å². The number of carbonyl (C=O) groups excluding carboxylic acids is 1. The zero-order chi connectivity index (χ0) is 14.4. The fraction of sp³-hybridized carbons (Fsp3) is 0.462. The summed E-state index contributed by atoms with van der Waals surface area (Å²) in [4.78, 5) is 11.8. The van der Waals surface area contributed by atoms with Crippen molar-refractivity contribution in [3.63, 3.8) is 0 Å². The highest BCUT2D eigenvalue weighted by molar-refractivity contribution is 9.11. The Balaban J connectivity index is 2.68. The van der Waals surface area contributed by atoms with Crippen molar-refractivity contribution >= 4 is 43.5 Å². The van der Waals surface area contributed by atoms with Crippen molar-refractivity contribution in [2.75, 3.05) is 19.0 Å². The Bertz CT molecular complexity index is 453. The molecule has 1 atom stereocenters. The van der Waals surface area contributed by atoms with Crippen molar-refractivity contribution in [2.45, 2.75) is 26.3 Å². The second kappa shape index (κ2) is 7.87. The Labute approximate surface area is 130 Å². The molecule has 0 aliphatic rings. The third-order valence-corrected chi connectivity index (χ3v) is 4.01. The zero-order valence-electron chi connectivity index (χ0n) is 11.2. The normalized spacial score (nSPS) is 12.1. The molecule has 0 radical (unpaired) electrons. The summed E-state index contributed by atoms with van der Waals surface area (Å²) in [5.74, 6) is 0.596. The van der Waals surface area contributed by atoms with E-state index in [1.54, 1.807) is 13.2 Å². The molecule has 0 aromatic heterocycles. The number of nitrogens with one attached hydrogen (secondary N) is 2. The minimum atomic E-state index is -0.0784. The summed E-state index contributed by atoms with van der Waals surface area (Å²) in [6, 6.07) is 3.94. The quantitative estimate of drug-likeness (QED) is 0.776. The van der Waals surface area contributed by atoms with Crippen LogP contribution < -0.4 is 15.4 Å². The van der Waals surface area contributed by atoms with E-state index in [-0.39, 0.29) is 5.91 Å². The summed E-state index contributed by atoms with van der Waals surface area (Å²) in [5, 5.41) is 5.99. The fourth-order valence-electron chi connectivity index (χ4n) is 1.39. The number of amides is 1. The molecule has 1 aromatic rings. The summed E-state index contributed by atoms with van der Waals surface area (Å²) < 4.78 is 6.84. The molecule has 19 heavy (non-hydrogen) atoms. The average molecular weight is 394 g/mol. The van der Waals surface area contributed by atoms with E-state index < -0.39 is 0 Å². The lowest BCUT2D eigenvalue weighted by atomic mass is 10.2. The summed E-state index contributed by atoms with van der Waals surface area (Å²) >= 11 is 6.80. The molecule has 1 aromatic carbocycles. The predicted molar refractivity (Wildman–Crippen MR) is 84.8 cm³/mol. The molecule has 4 nitrogen and oxygen atoms in total. The van der Waals surface area contributed by atoms with Gasteiger partial charge in [-0.15, -0.1) is 0 Å². The maximum Gasteiger partial charge on any atom is 0.238 e. The number of halogens is 2. The van der Waals surface area contributed by atoms with Crippen LogP contribution in [0.15, 0.2) is 21.1 Å². The molecule has 0 bridgehead atoms.